The molecule has 0 heterocycles. The fourth-order valence-corrected chi connectivity index (χ4v) is 5.73. The van der Waals surface area contributed by atoms with Crippen LogP contribution in [0, 0.1) is 5.82 Å². The monoisotopic (exact) mass is 596 g/mol. The zero-order valence-electron chi connectivity index (χ0n) is 23.3. The largest absolute Gasteiger partial charge is 0.493 e. The van der Waals surface area contributed by atoms with Gasteiger partial charge >= 0.3 is 7.60 Å². The van der Waals surface area contributed by atoms with Gasteiger partial charge < -0.3 is 34.3 Å². The Kier molecular flexibility index (Phi) is 14.3. The minimum Gasteiger partial charge on any atom is -0.493 e. The number of ether oxygens (including phenoxy) is 3. The molecule has 0 aliphatic carbocycles. The van der Waals surface area contributed by atoms with Gasteiger partial charge in [0, 0.05) is 30.9 Å². The van der Waals surface area contributed by atoms with Gasteiger partial charge in [-0.25, -0.2) is 4.39 Å². The fourth-order valence-electron chi connectivity index (χ4n) is 3.49. The van der Waals surface area contributed by atoms with Crippen LogP contribution in [0.3, 0.4) is 0 Å². The number of halogens is 1. The highest BCUT2D eigenvalue weighted by Crippen LogP contribution is 2.49. The second-order valence-electron chi connectivity index (χ2n) is 8.60. The van der Waals surface area contributed by atoms with Gasteiger partial charge in [0.1, 0.15) is 23.4 Å². The van der Waals surface area contributed by atoms with Gasteiger partial charge in [0.15, 0.2) is 0 Å². The van der Waals surface area contributed by atoms with Crippen molar-refractivity contribution < 1.29 is 37.0 Å². The summed E-state index contributed by atoms with van der Waals surface area (Å²) in [6.07, 6.45) is 0.120. The number of methoxy groups -OCH3 is 1. The quantitative estimate of drug-likeness (QED) is 0.204. The van der Waals surface area contributed by atoms with E-state index in [-0.39, 0.29) is 49.2 Å². The molecule has 2 rings (SSSR count). The molecule has 0 saturated heterocycles. The van der Waals surface area contributed by atoms with Crippen LogP contribution in [0.5, 0.6) is 11.5 Å². The van der Waals surface area contributed by atoms with Crippen LogP contribution in [0.15, 0.2) is 65.2 Å². The Hall–Kier alpha value is -2.82. The van der Waals surface area contributed by atoms with Gasteiger partial charge in [0.25, 0.3) is 5.91 Å². The second kappa shape index (κ2) is 17.1. The van der Waals surface area contributed by atoms with Crippen LogP contribution < -0.4 is 20.5 Å². The number of amides is 1. The summed E-state index contributed by atoms with van der Waals surface area (Å²) in [5.74, 6) is 0.0709. The molecule has 220 valence electrons. The Bertz CT molecular complexity index is 1200. The number of rotatable bonds is 18. The molecule has 0 radical (unpaired) electrons. The smallest absolute Gasteiger partial charge is 0.336 e. The number of nitrogens with two attached hydrogens (primary N) is 1. The summed E-state index contributed by atoms with van der Waals surface area (Å²) < 4.78 is 53.6. The molecule has 0 bridgehead atoms. The van der Waals surface area contributed by atoms with Crippen molar-refractivity contribution in [3.8, 4) is 11.5 Å². The molecule has 2 aromatic rings. The molecule has 1 amide bonds. The molecule has 0 aliphatic heterocycles. The number of carbonyl (C=O) groups is 1. The summed E-state index contributed by atoms with van der Waals surface area (Å²) >= 11 is 1.07. The highest BCUT2D eigenvalue weighted by Gasteiger charge is 2.24. The van der Waals surface area contributed by atoms with E-state index in [4.69, 9.17) is 29.0 Å². The summed E-state index contributed by atoms with van der Waals surface area (Å²) in [6.45, 7) is 10.2. The molecular formula is C28H38FN2O7PS. The Morgan fingerprint density at radius 1 is 1.18 bits per heavy atom. The maximum absolute atomic E-state index is 13.5. The number of allylic oxidation sites excluding steroid dienone is 1. The maximum Gasteiger partial charge on any atom is 0.336 e. The first-order chi connectivity index (χ1) is 19.1. The van der Waals surface area contributed by atoms with E-state index in [9.17, 15) is 13.8 Å². The Labute approximate surface area is 239 Å². The Morgan fingerprint density at radius 3 is 2.52 bits per heavy atom. The van der Waals surface area contributed by atoms with E-state index in [1.165, 1.54) is 17.5 Å². The highest BCUT2D eigenvalue weighted by atomic mass is 32.2. The lowest BCUT2D eigenvalue weighted by molar-refractivity contribution is 0.0911. The van der Waals surface area contributed by atoms with Crippen LogP contribution >= 0.6 is 19.4 Å². The fraction of sp³-hybridized carbons (Fsp3) is 0.393. The molecule has 1 atom stereocenters. The third kappa shape index (κ3) is 12.1. The molecule has 2 aromatic carbocycles. The summed E-state index contributed by atoms with van der Waals surface area (Å²) in [5, 5.41) is 4.53. The van der Waals surface area contributed by atoms with Crippen LogP contribution in [0.2, 0.25) is 0 Å². The van der Waals surface area contributed by atoms with E-state index in [0.717, 1.165) is 17.3 Å². The van der Waals surface area contributed by atoms with Crippen molar-refractivity contribution in [3.05, 3.63) is 82.1 Å². The maximum atomic E-state index is 13.5. The Morgan fingerprint density at radius 2 is 1.88 bits per heavy atom. The lowest BCUT2D eigenvalue weighted by atomic mass is 10.1. The molecule has 3 N–H and O–H groups in total. The van der Waals surface area contributed by atoms with Gasteiger partial charge in [-0.05, 0) is 56.0 Å². The minimum absolute atomic E-state index is 0.0850. The van der Waals surface area contributed by atoms with E-state index < -0.39 is 13.5 Å². The molecule has 0 spiro atoms. The predicted molar refractivity (Wildman–Crippen MR) is 156 cm³/mol. The second-order valence-corrected chi connectivity index (χ2v) is 11.6. The molecule has 0 fully saturated rings. The zero-order chi connectivity index (χ0) is 29.5. The summed E-state index contributed by atoms with van der Waals surface area (Å²) in [6, 6.07) is 11.1. The first kappa shape index (κ1) is 33.4. The van der Waals surface area contributed by atoms with E-state index in [1.807, 2.05) is 13.0 Å². The van der Waals surface area contributed by atoms with Gasteiger partial charge in [0.2, 0.25) is 0 Å². The Balaban J connectivity index is 2.09. The third-order valence-corrected chi connectivity index (χ3v) is 7.93. The average molecular weight is 597 g/mol. The number of carbonyl (C=O) groups excluding carboxylic acids is 1. The molecule has 0 saturated carbocycles. The first-order valence-corrected chi connectivity index (χ1v) is 15.4. The average Bonchev–Trinajstić information content (AvgIpc) is 2.87. The van der Waals surface area contributed by atoms with Crippen molar-refractivity contribution in [2.45, 2.75) is 33.3 Å². The van der Waals surface area contributed by atoms with Crippen molar-refractivity contribution in [1.82, 2.24) is 5.32 Å². The molecular weight excluding hydrogens is 558 g/mol. The summed E-state index contributed by atoms with van der Waals surface area (Å²) in [4.78, 5) is 13.0. The van der Waals surface area contributed by atoms with E-state index in [0.29, 0.717) is 29.6 Å². The first-order valence-electron chi connectivity index (χ1n) is 12.7. The standard InChI is InChI=1S/C28H38FN2O7PS/c1-6-36-39(33,37-7-2)18-25(30)19-40-21(4)31-28(32)23-14-26(16-27(15-23)38-20(3)17-34-5)35-12-11-22-9-8-10-24(29)13-22/h8-10,13-16,19-20H,4,6-7,11-12,17-18,30H2,1-3,5H3,(H,31,32)/b25-19-/t20-/m0/s1. The topological polar surface area (TPSA) is 118 Å². The third-order valence-electron chi connectivity index (χ3n) is 5.06. The van der Waals surface area contributed by atoms with Crippen LogP contribution in [0.4, 0.5) is 4.39 Å². The van der Waals surface area contributed by atoms with Crippen LogP contribution in [-0.4, -0.2) is 51.7 Å². The van der Waals surface area contributed by atoms with E-state index >= 15 is 0 Å². The number of hydrogen-bond donors (Lipinski definition) is 2. The minimum atomic E-state index is -3.35. The van der Waals surface area contributed by atoms with Gasteiger partial charge in [-0.1, -0.05) is 30.5 Å². The predicted octanol–water partition coefficient (Wildman–Crippen LogP) is 5.86. The van der Waals surface area contributed by atoms with Gasteiger partial charge in [-0.2, -0.15) is 0 Å². The molecule has 40 heavy (non-hydrogen) atoms. The molecule has 0 unspecified atom stereocenters. The zero-order valence-corrected chi connectivity index (χ0v) is 25.0. The lowest BCUT2D eigenvalue weighted by Crippen LogP contribution is -2.22. The van der Waals surface area contributed by atoms with Crippen molar-refractivity contribution in [1.29, 1.82) is 0 Å². The molecule has 0 aromatic heterocycles. The number of nitrogens with one attached hydrogen (secondary N) is 1. The van der Waals surface area contributed by atoms with Crippen molar-refractivity contribution in [2.24, 2.45) is 5.73 Å². The van der Waals surface area contributed by atoms with Gasteiger partial charge in [0.05, 0.1) is 37.6 Å². The van der Waals surface area contributed by atoms with E-state index in [1.54, 1.807) is 45.2 Å². The number of benzene rings is 2. The van der Waals surface area contributed by atoms with E-state index in [2.05, 4.69) is 11.9 Å². The lowest BCUT2D eigenvalue weighted by Gasteiger charge is -2.17. The van der Waals surface area contributed by atoms with Crippen molar-refractivity contribution >= 4 is 25.3 Å². The van der Waals surface area contributed by atoms with Crippen molar-refractivity contribution in [3.63, 3.8) is 0 Å². The summed E-state index contributed by atoms with van der Waals surface area (Å²) in [7, 11) is -1.78. The number of thioether (sulfide) groups is 1. The normalized spacial score (nSPS) is 12.6. The van der Waals surface area contributed by atoms with Crippen LogP contribution in [0.1, 0.15) is 36.7 Å². The van der Waals surface area contributed by atoms with Gasteiger partial charge in [-0.15, -0.1) is 0 Å². The molecule has 9 nitrogen and oxygen atoms in total. The number of hydrogen-bond acceptors (Lipinski definition) is 9. The van der Waals surface area contributed by atoms with Gasteiger partial charge in [-0.3, -0.25) is 9.36 Å². The molecule has 0 aliphatic rings. The summed E-state index contributed by atoms with van der Waals surface area (Å²) in [5.41, 5.74) is 7.34. The molecule has 12 heteroatoms. The SMILES string of the molecule is C=C(NC(=O)c1cc(OCCc2cccc(F)c2)cc(O[C@@H](C)COC)c1)S/C=C(\N)CP(=O)(OCC)OCC. The van der Waals surface area contributed by atoms with Crippen LogP contribution in [-0.2, 0) is 24.8 Å². The van der Waals surface area contributed by atoms with Crippen molar-refractivity contribution in [2.75, 3.05) is 39.7 Å². The van der Waals surface area contributed by atoms with Crippen LogP contribution in [0.25, 0.3) is 0 Å². The highest BCUT2D eigenvalue weighted by molar-refractivity contribution is 8.05.